The fraction of sp³-hybridized carbons (Fsp3) is 0.850. The highest BCUT2D eigenvalue weighted by molar-refractivity contribution is 5.77. The molecule has 1 saturated carbocycles. The molecule has 2 amide bonds. The van der Waals surface area contributed by atoms with Gasteiger partial charge in [-0.25, -0.2) is 9.59 Å². The molecule has 2 fully saturated rings. The van der Waals surface area contributed by atoms with Crippen molar-refractivity contribution in [2.75, 3.05) is 6.54 Å². The second kappa shape index (κ2) is 18.4. The van der Waals surface area contributed by atoms with E-state index < -0.39 is 108 Å². The van der Waals surface area contributed by atoms with Crippen molar-refractivity contribution in [3.05, 3.63) is 11.8 Å². The molecule has 13 atom stereocenters. The van der Waals surface area contributed by atoms with Gasteiger partial charge in [0.15, 0.2) is 6.29 Å². The van der Waals surface area contributed by atoms with Gasteiger partial charge in [-0.15, -0.1) is 0 Å². The number of amides is 2. The average molecular weight is 784 g/mol. The van der Waals surface area contributed by atoms with Gasteiger partial charge in [-0.3, -0.25) is 9.59 Å². The van der Waals surface area contributed by atoms with Crippen LogP contribution in [-0.2, 0) is 47.5 Å². The molecule has 1 aliphatic carbocycles. The summed E-state index contributed by atoms with van der Waals surface area (Å²) in [6, 6.07) is -1.85. The zero-order valence-electron chi connectivity index (χ0n) is 35.7. The van der Waals surface area contributed by atoms with Crippen LogP contribution in [0.1, 0.15) is 117 Å². The Bertz CT molecular complexity index is 1370. The highest BCUT2D eigenvalue weighted by atomic mass is 16.7. The lowest BCUT2D eigenvalue weighted by molar-refractivity contribution is -0.285. The van der Waals surface area contributed by atoms with Crippen LogP contribution in [0.15, 0.2) is 11.8 Å². The van der Waals surface area contributed by atoms with Crippen molar-refractivity contribution in [2.24, 2.45) is 35.3 Å². The summed E-state index contributed by atoms with van der Waals surface area (Å²) in [7, 11) is 0. The Kier molecular flexibility index (Phi) is 15.5. The number of rotatable bonds is 10. The predicted octanol–water partition coefficient (Wildman–Crippen LogP) is 5.71. The summed E-state index contributed by atoms with van der Waals surface area (Å²) in [5.74, 6) is -2.94. The van der Waals surface area contributed by atoms with Crippen LogP contribution in [0.25, 0.3) is 0 Å². The molecule has 0 spiro atoms. The summed E-state index contributed by atoms with van der Waals surface area (Å²) in [4.78, 5) is 51.6. The van der Waals surface area contributed by atoms with Crippen molar-refractivity contribution in [3.8, 4) is 0 Å². The van der Waals surface area contributed by atoms with Gasteiger partial charge in [0.05, 0.1) is 30.6 Å². The molecule has 7 unspecified atom stereocenters. The standard InChI is InChI=1S/C40H69N3O12/c1-20-16-17-26(18-42-36(46)54-39(10,11)12)50-34(20)52-32-24(5)30(23(4)31(49-25(6)44)29(32)43-37(47)55-40(13,14)15)51-35-22(3)27(21(2)19-48-35)28(41)33(45)53-38(7,8)9/h19-20,22-24,26-32,34-35H,16-18,41H2,1-15H3,(H,42,46)(H,43,47)/t20?,22?,23-,24?,26?,27-,28?,29-,30-,31?,32?,34+,35+/m0/s1. The van der Waals surface area contributed by atoms with Crippen molar-refractivity contribution in [2.45, 2.75) is 183 Å². The molecule has 0 aromatic heterocycles. The maximum absolute atomic E-state index is 13.4. The molecule has 0 aromatic rings. The first-order chi connectivity index (χ1) is 25.2. The van der Waals surface area contributed by atoms with Crippen LogP contribution < -0.4 is 16.4 Å². The molecule has 0 aromatic carbocycles. The lowest BCUT2D eigenvalue weighted by atomic mass is 9.73. The Morgan fingerprint density at radius 3 is 1.89 bits per heavy atom. The van der Waals surface area contributed by atoms with Gasteiger partial charge in [0.25, 0.3) is 0 Å². The van der Waals surface area contributed by atoms with Crippen LogP contribution in [0, 0.1) is 29.6 Å². The molecule has 15 heteroatoms. The molecule has 1 saturated heterocycles. The average Bonchev–Trinajstić information content (AvgIpc) is 3.01. The molecule has 55 heavy (non-hydrogen) atoms. The van der Waals surface area contributed by atoms with Gasteiger partial charge in [-0.2, -0.15) is 0 Å². The lowest BCUT2D eigenvalue weighted by Crippen LogP contribution is -2.66. The van der Waals surface area contributed by atoms with Crippen molar-refractivity contribution in [1.29, 1.82) is 0 Å². The Hall–Kier alpha value is -3.14. The van der Waals surface area contributed by atoms with Crippen LogP contribution in [0.3, 0.4) is 0 Å². The zero-order chi connectivity index (χ0) is 41.8. The molecule has 15 nitrogen and oxygen atoms in total. The van der Waals surface area contributed by atoms with Crippen LogP contribution in [0.2, 0.25) is 0 Å². The first-order valence-electron chi connectivity index (χ1n) is 19.6. The number of hydrogen-bond acceptors (Lipinski definition) is 13. The first kappa shape index (κ1) is 46.2. The van der Waals surface area contributed by atoms with Gasteiger partial charge >= 0.3 is 24.1 Å². The number of alkyl carbamates (subject to hydrolysis) is 2. The Morgan fingerprint density at radius 1 is 0.782 bits per heavy atom. The quantitative estimate of drug-likeness (QED) is 0.180. The van der Waals surface area contributed by atoms with Gasteiger partial charge < -0.3 is 54.3 Å². The number of nitrogens with two attached hydrogens (primary N) is 1. The largest absolute Gasteiger partial charge is 0.472 e. The van der Waals surface area contributed by atoms with Crippen molar-refractivity contribution < 1.29 is 57.1 Å². The van der Waals surface area contributed by atoms with E-state index in [2.05, 4.69) is 10.6 Å². The van der Waals surface area contributed by atoms with Gasteiger partial charge in [-0.1, -0.05) is 27.7 Å². The van der Waals surface area contributed by atoms with Crippen molar-refractivity contribution in [1.82, 2.24) is 10.6 Å². The number of ether oxygens (including phenoxy) is 8. The van der Waals surface area contributed by atoms with E-state index >= 15 is 0 Å². The third kappa shape index (κ3) is 13.5. The minimum absolute atomic E-state index is 0.0667. The third-order valence-corrected chi connectivity index (χ3v) is 9.93. The molecular formula is C40H69N3O12. The second-order valence-corrected chi connectivity index (χ2v) is 18.5. The van der Waals surface area contributed by atoms with E-state index in [0.717, 1.165) is 12.0 Å². The smallest absolute Gasteiger partial charge is 0.408 e. The number of nitrogens with one attached hydrogen (secondary N) is 2. The third-order valence-electron chi connectivity index (χ3n) is 9.93. The van der Waals surface area contributed by atoms with E-state index in [-0.39, 0.29) is 18.6 Å². The van der Waals surface area contributed by atoms with Gasteiger partial charge in [-0.05, 0) is 87.7 Å². The van der Waals surface area contributed by atoms with Crippen molar-refractivity contribution >= 4 is 24.1 Å². The van der Waals surface area contributed by atoms with E-state index in [1.54, 1.807) is 68.6 Å². The lowest BCUT2D eigenvalue weighted by Gasteiger charge is -2.51. The molecule has 3 aliphatic rings. The molecular weight excluding hydrogens is 714 g/mol. The maximum atomic E-state index is 13.4. The number of esters is 2. The summed E-state index contributed by atoms with van der Waals surface area (Å²) in [6.07, 6.45) is -2.66. The maximum Gasteiger partial charge on any atom is 0.408 e. The summed E-state index contributed by atoms with van der Waals surface area (Å²) in [5, 5.41) is 5.74. The van der Waals surface area contributed by atoms with Crippen LogP contribution >= 0.6 is 0 Å². The topological polar surface area (TPSA) is 192 Å². The number of carbonyl (C=O) groups is 4. The first-order valence-corrected chi connectivity index (χ1v) is 19.6. The minimum Gasteiger partial charge on any atom is -0.472 e. The fourth-order valence-corrected chi connectivity index (χ4v) is 7.49. The highest BCUT2D eigenvalue weighted by Crippen LogP contribution is 2.42. The molecule has 2 aliphatic heterocycles. The number of carbonyl (C=O) groups excluding carboxylic acids is 4. The molecule has 0 radical (unpaired) electrons. The van der Waals surface area contributed by atoms with Gasteiger partial charge in [0, 0.05) is 43.1 Å². The molecule has 0 bridgehead atoms. The summed E-state index contributed by atoms with van der Waals surface area (Å²) < 4.78 is 48.8. The van der Waals surface area contributed by atoms with E-state index in [1.165, 1.54) is 6.92 Å². The normalized spacial score (nSPS) is 33.6. The van der Waals surface area contributed by atoms with E-state index in [1.807, 2.05) is 34.6 Å². The Labute approximate surface area is 327 Å². The van der Waals surface area contributed by atoms with E-state index in [4.69, 9.17) is 43.6 Å². The highest BCUT2D eigenvalue weighted by Gasteiger charge is 2.54. The zero-order valence-corrected chi connectivity index (χ0v) is 35.7. The Morgan fingerprint density at radius 2 is 1.33 bits per heavy atom. The van der Waals surface area contributed by atoms with E-state index in [9.17, 15) is 19.2 Å². The summed E-state index contributed by atoms with van der Waals surface area (Å²) >= 11 is 0. The van der Waals surface area contributed by atoms with Crippen LogP contribution in [0.5, 0.6) is 0 Å². The Balaban J connectivity index is 1.95. The molecule has 316 valence electrons. The summed E-state index contributed by atoms with van der Waals surface area (Å²) in [5.41, 5.74) is 5.13. The number of hydrogen-bond donors (Lipinski definition) is 3. The SMILES string of the molecule is CC(=O)OC1[C@H](NC(=O)OC(C)(C)C)C(O[C@H]2OC(CNC(=O)OC(C)(C)C)CCC2C)C(C)[C@@H](O[C@H]2OC=C(C)[C@H](C(N)C(=O)OC(C)(C)C)C2C)[C@@H]1C. The molecule has 2 heterocycles. The second-order valence-electron chi connectivity index (χ2n) is 18.5. The van der Waals surface area contributed by atoms with Gasteiger partial charge in [0.1, 0.15) is 28.9 Å². The minimum atomic E-state index is -0.975. The van der Waals surface area contributed by atoms with Crippen LogP contribution in [0.4, 0.5) is 9.59 Å². The molecule has 3 rings (SSSR count). The van der Waals surface area contributed by atoms with Crippen LogP contribution in [-0.4, -0.2) is 96.6 Å². The monoisotopic (exact) mass is 783 g/mol. The molecule has 4 N–H and O–H groups in total. The summed E-state index contributed by atoms with van der Waals surface area (Å²) in [6.45, 7) is 27.1. The van der Waals surface area contributed by atoms with Crippen molar-refractivity contribution in [3.63, 3.8) is 0 Å². The van der Waals surface area contributed by atoms with Gasteiger partial charge in [0.2, 0.25) is 6.29 Å². The fourth-order valence-electron chi connectivity index (χ4n) is 7.49. The van der Waals surface area contributed by atoms with E-state index in [0.29, 0.717) is 6.42 Å². The predicted molar refractivity (Wildman–Crippen MR) is 203 cm³/mol.